The van der Waals surface area contributed by atoms with Crippen molar-refractivity contribution in [1.29, 1.82) is 0 Å². The Labute approximate surface area is 130 Å². The largest absolute Gasteiger partial charge is 0.339 e. The highest BCUT2D eigenvalue weighted by atomic mass is 32.1. The van der Waals surface area contributed by atoms with Gasteiger partial charge in [-0.25, -0.2) is 0 Å². The molecule has 114 valence electrons. The zero-order chi connectivity index (χ0) is 14.7. The third-order valence-corrected chi connectivity index (χ3v) is 5.32. The monoisotopic (exact) mass is 305 g/mol. The molecule has 1 fully saturated rings. The van der Waals surface area contributed by atoms with E-state index in [1.165, 1.54) is 36.1 Å². The van der Waals surface area contributed by atoms with Crippen LogP contribution in [-0.2, 0) is 19.5 Å². The fourth-order valence-corrected chi connectivity index (χ4v) is 3.94. The Hall–Kier alpha value is -1.20. The zero-order valence-electron chi connectivity index (χ0n) is 12.8. The van der Waals surface area contributed by atoms with Gasteiger partial charge in [-0.1, -0.05) is 24.9 Å². The van der Waals surface area contributed by atoms with E-state index in [2.05, 4.69) is 33.4 Å². The van der Waals surface area contributed by atoms with Gasteiger partial charge in [0, 0.05) is 23.9 Å². The Kier molecular flexibility index (Phi) is 4.70. The third kappa shape index (κ3) is 3.52. The summed E-state index contributed by atoms with van der Waals surface area (Å²) >= 11 is 1.85. The SMILES string of the molecule is CCc1nc(CN(Cc2sccc2C)C2CCCC2)no1. The summed E-state index contributed by atoms with van der Waals surface area (Å²) in [7, 11) is 0. The van der Waals surface area contributed by atoms with Gasteiger partial charge in [0.1, 0.15) is 0 Å². The molecule has 4 nitrogen and oxygen atoms in total. The smallest absolute Gasteiger partial charge is 0.226 e. The first-order valence-corrected chi connectivity index (χ1v) is 8.72. The van der Waals surface area contributed by atoms with Crippen molar-refractivity contribution in [2.75, 3.05) is 0 Å². The van der Waals surface area contributed by atoms with Crippen molar-refractivity contribution in [3.8, 4) is 0 Å². The van der Waals surface area contributed by atoms with Crippen LogP contribution in [0.5, 0.6) is 0 Å². The molecule has 0 saturated heterocycles. The lowest BCUT2D eigenvalue weighted by molar-refractivity contribution is 0.175. The topological polar surface area (TPSA) is 42.2 Å². The molecule has 2 heterocycles. The van der Waals surface area contributed by atoms with Crippen molar-refractivity contribution >= 4 is 11.3 Å². The first-order valence-electron chi connectivity index (χ1n) is 7.84. The second kappa shape index (κ2) is 6.71. The van der Waals surface area contributed by atoms with Gasteiger partial charge in [-0.15, -0.1) is 11.3 Å². The van der Waals surface area contributed by atoms with Crippen LogP contribution in [0.3, 0.4) is 0 Å². The number of nitrogens with zero attached hydrogens (tertiary/aromatic N) is 3. The van der Waals surface area contributed by atoms with E-state index >= 15 is 0 Å². The highest BCUT2D eigenvalue weighted by molar-refractivity contribution is 7.10. The van der Waals surface area contributed by atoms with Gasteiger partial charge < -0.3 is 4.52 Å². The summed E-state index contributed by atoms with van der Waals surface area (Å²) < 4.78 is 5.25. The fraction of sp³-hybridized carbons (Fsp3) is 0.625. The lowest BCUT2D eigenvalue weighted by atomic mass is 10.2. The molecule has 1 aliphatic carbocycles. The van der Waals surface area contributed by atoms with Crippen molar-refractivity contribution in [2.24, 2.45) is 0 Å². The number of hydrogen-bond acceptors (Lipinski definition) is 5. The second-order valence-corrected chi connectivity index (χ2v) is 6.83. The van der Waals surface area contributed by atoms with E-state index in [0.717, 1.165) is 31.2 Å². The molecule has 1 saturated carbocycles. The molecule has 0 atom stereocenters. The van der Waals surface area contributed by atoms with Gasteiger partial charge in [0.15, 0.2) is 5.82 Å². The van der Waals surface area contributed by atoms with Crippen molar-refractivity contribution in [1.82, 2.24) is 15.0 Å². The summed E-state index contributed by atoms with van der Waals surface area (Å²) in [5, 5.41) is 6.31. The molecule has 0 N–H and O–H groups in total. The van der Waals surface area contributed by atoms with Gasteiger partial charge in [0.05, 0.1) is 6.54 Å². The molecule has 0 aromatic carbocycles. The maximum absolute atomic E-state index is 5.25. The van der Waals surface area contributed by atoms with Crippen LogP contribution in [0, 0.1) is 6.92 Å². The molecule has 0 amide bonds. The maximum Gasteiger partial charge on any atom is 0.226 e. The van der Waals surface area contributed by atoms with Crippen LogP contribution in [0.2, 0.25) is 0 Å². The van der Waals surface area contributed by atoms with Gasteiger partial charge in [-0.2, -0.15) is 4.98 Å². The van der Waals surface area contributed by atoms with E-state index in [1.807, 2.05) is 18.3 Å². The van der Waals surface area contributed by atoms with Crippen LogP contribution in [0.1, 0.15) is 54.8 Å². The third-order valence-electron chi connectivity index (χ3n) is 4.31. The van der Waals surface area contributed by atoms with Gasteiger partial charge in [0.2, 0.25) is 5.89 Å². The van der Waals surface area contributed by atoms with Gasteiger partial charge in [0.25, 0.3) is 0 Å². The lowest BCUT2D eigenvalue weighted by Crippen LogP contribution is -2.32. The first kappa shape index (κ1) is 14.7. The van der Waals surface area contributed by atoms with Crippen LogP contribution >= 0.6 is 11.3 Å². The minimum atomic E-state index is 0.662. The maximum atomic E-state index is 5.25. The number of rotatable bonds is 6. The standard InChI is InChI=1S/C16H23N3OS/c1-3-16-17-15(18-20-16)11-19(13-6-4-5-7-13)10-14-12(2)8-9-21-14/h8-9,13H,3-7,10-11H2,1-2H3. The van der Waals surface area contributed by atoms with Crippen LogP contribution in [-0.4, -0.2) is 21.1 Å². The number of aromatic nitrogens is 2. The van der Waals surface area contributed by atoms with Crippen LogP contribution < -0.4 is 0 Å². The Bertz CT molecular complexity index is 572. The second-order valence-electron chi connectivity index (χ2n) is 5.83. The molecule has 0 spiro atoms. The summed E-state index contributed by atoms with van der Waals surface area (Å²) in [6.45, 7) is 6.04. The highest BCUT2D eigenvalue weighted by Crippen LogP contribution is 2.28. The Morgan fingerprint density at radius 1 is 1.33 bits per heavy atom. The van der Waals surface area contributed by atoms with Crippen LogP contribution in [0.25, 0.3) is 0 Å². The summed E-state index contributed by atoms with van der Waals surface area (Å²) in [6, 6.07) is 2.87. The molecular formula is C16H23N3OS. The molecular weight excluding hydrogens is 282 g/mol. The Balaban J connectivity index is 1.73. The molecule has 0 bridgehead atoms. The van der Waals surface area contributed by atoms with E-state index in [4.69, 9.17) is 4.52 Å². The lowest BCUT2D eigenvalue weighted by Gasteiger charge is -2.27. The molecule has 0 aliphatic heterocycles. The van der Waals surface area contributed by atoms with Crippen molar-refractivity contribution < 1.29 is 4.52 Å². The Morgan fingerprint density at radius 3 is 2.76 bits per heavy atom. The Morgan fingerprint density at radius 2 is 2.14 bits per heavy atom. The predicted molar refractivity (Wildman–Crippen MR) is 84.2 cm³/mol. The quantitative estimate of drug-likeness (QED) is 0.810. The summed E-state index contributed by atoms with van der Waals surface area (Å²) in [4.78, 5) is 8.47. The van der Waals surface area contributed by atoms with E-state index in [-0.39, 0.29) is 0 Å². The molecule has 21 heavy (non-hydrogen) atoms. The molecule has 0 unspecified atom stereocenters. The van der Waals surface area contributed by atoms with Gasteiger partial charge >= 0.3 is 0 Å². The average molecular weight is 305 g/mol. The molecule has 0 radical (unpaired) electrons. The number of thiophene rings is 1. The zero-order valence-corrected chi connectivity index (χ0v) is 13.7. The normalized spacial score (nSPS) is 16.1. The summed E-state index contributed by atoms with van der Waals surface area (Å²) in [5.41, 5.74) is 1.39. The number of aryl methyl sites for hydroxylation is 2. The fourth-order valence-electron chi connectivity index (χ4n) is 3.01. The van der Waals surface area contributed by atoms with Gasteiger partial charge in [-0.05, 0) is 36.8 Å². The molecule has 5 heteroatoms. The van der Waals surface area contributed by atoms with Crippen LogP contribution in [0.15, 0.2) is 16.0 Å². The minimum absolute atomic E-state index is 0.662. The molecule has 2 aromatic rings. The van der Waals surface area contributed by atoms with E-state index in [9.17, 15) is 0 Å². The van der Waals surface area contributed by atoms with Crippen molar-refractivity contribution in [2.45, 2.75) is 65.1 Å². The van der Waals surface area contributed by atoms with Crippen LogP contribution in [0.4, 0.5) is 0 Å². The number of hydrogen-bond donors (Lipinski definition) is 0. The summed E-state index contributed by atoms with van der Waals surface area (Å²) in [6.07, 6.45) is 6.08. The predicted octanol–water partition coefficient (Wildman–Crippen LogP) is 3.95. The minimum Gasteiger partial charge on any atom is -0.339 e. The molecule has 3 rings (SSSR count). The van der Waals surface area contributed by atoms with E-state index < -0.39 is 0 Å². The van der Waals surface area contributed by atoms with E-state index in [0.29, 0.717) is 6.04 Å². The van der Waals surface area contributed by atoms with Gasteiger partial charge in [-0.3, -0.25) is 4.90 Å². The molecule has 2 aromatic heterocycles. The van der Waals surface area contributed by atoms with Crippen molar-refractivity contribution in [3.05, 3.63) is 33.6 Å². The van der Waals surface area contributed by atoms with E-state index in [1.54, 1.807) is 0 Å². The van der Waals surface area contributed by atoms with Crippen molar-refractivity contribution in [3.63, 3.8) is 0 Å². The average Bonchev–Trinajstić information content (AvgIpc) is 3.20. The molecule has 1 aliphatic rings. The summed E-state index contributed by atoms with van der Waals surface area (Å²) in [5.74, 6) is 1.57. The highest BCUT2D eigenvalue weighted by Gasteiger charge is 2.25. The first-order chi connectivity index (χ1) is 10.3.